The van der Waals surface area contributed by atoms with Gasteiger partial charge in [0, 0.05) is 12.2 Å². The van der Waals surface area contributed by atoms with Crippen LogP contribution in [0.2, 0.25) is 0 Å². The predicted octanol–water partition coefficient (Wildman–Crippen LogP) is 4.91. The number of ether oxygens (including phenoxy) is 1. The smallest absolute Gasteiger partial charge is 0.263 e. The minimum atomic E-state index is -0.322. The molecule has 2 atom stereocenters. The molecule has 1 aromatic heterocycles. The molecule has 28 heavy (non-hydrogen) atoms. The van der Waals surface area contributed by atoms with E-state index in [1.165, 1.54) is 23.5 Å². The largest absolute Gasteiger partial charge is 0.376 e. The van der Waals surface area contributed by atoms with Crippen molar-refractivity contribution in [1.29, 1.82) is 0 Å². The number of rotatable bonds is 5. The molecule has 1 fully saturated rings. The van der Waals surface area contributed by atoms with E-state index < -0.39 is 0 Å². The Hall–Kier alpha value is -2.57. The quantitative estimate of drug-likeness (QED) is 0.667. The third kappa shape index (κ3) is 3.98. The minimum Gasteiger partial charge on any atom is -0.376 e. The van der Waals surface area contributed by atoms with E-state index in [-0.39, 0.29) is 23.9 Å². The number of thiazole rings is 1. The predicted molar refractivity (Wildman–Crippen MR) is 108 cm³/mol. The van der Waals surface area contributed by atoms with Crippen LogP contribution in [-0.4, -0.2) is 23.6 Å². The number of amides is 1. The Labute approximate surface area is 167 Å². The summed E-state index contributed by atoms with van der Waals surface area (Å²) in [6, 6.07) is 15.7. The molecule has 0 bridgehead atoms. The van der Waals surface area contributed by atoms with Crippen LogP contribution >= 0.6 is 11.3 Å². The van der Waals surface area contributed by atoms with Crippen LogP contribution in [-0.2, 0) is 4.74 Å². The lowest BCUT2D eigenvalue weighted by Crippen LogP contribution is -2.36. The number of hydrogen-bond acceptors (Lipinski definition) is 4. The van der Waals surface area contributed by atoms with Crippen molar-refractivity contribution >= 4 is 17.2 Å². The Morgan fingerprint density at radius 2 is 1.96 bits per heavy atom. The fourth-order valence-corrected chi connectivity index (χ4v) is 4.42. The Bertz CT molecular complexity index is 950. The van der Waals surface area contributed by atoms with Crippen molar-refractivity contribution in [3.63, 3.8) is 0 Å². The van der Waals surface area contributed by atoms with Crippen molar-refractivity contribution in [2.24, 2.45) is 0 Å². The second-order valence-electron chi connectivity index (χ2n) is 6.85. The van der Waals surface area contributed by atoms with Gasteiger partial charge in [-0.1, -0.05) is 42.5 Å². The summed E-state index contributed by atoms with van der Waals surface area (Å²) in [5.74, 6) is -0.478. The number of aryl methyl sites for hydroxylation is 1. The number of nitrogens with one attached hydrogen (secondary N) is 1. The zero-order chi connectivity index (χ0) is 19.5. The summed E-state index contributed by atoms with van der Waals surface area (Å²) in [7, 11) is 0. The van der Waals surface area contributed by atoms with E-state index in [0.29, 0.717) is 17.2 Å². The fourth-order valence-electron chi connectivity index (χ4n) is 3.44. The molecule has 1 amide bonds. The molecule has 3 aromatic rings. The summed E-state index contributed by atoms with van der Waals surface area (Å²) >= 11 is 1.38. The summed E-state index contributed by atoms with van der Waals surface area (Å²) in [5, 5.41) is 3.92. The Morgan fingerprint density at radius 1 is 1.21 bits per heavy atom. The molecule has 144 valence electrons. The zero-order valence-corrected chi connectivity index (χ0v) is 16.3. The highest BCUT2D eigenvalue weighted by Gasteiger charge is 2.30. The van der Waals surface area contributed by atoms with E-state index in [0.717, 1.165) is 29.0 Å². The van der Waals surface area contributed by atoms with Gasteiger partial charge in [-0.05, 0) is 37.5 Å². The number of hydrogen-bond donors (Lipinski definition) is 1. The maximum atomic E-state index is 13.3. The van der Waals surface area contributed by atoms with Gasteiger partial charge in [0.05, 0.1) is 17.8 Å². The van der Waals surface area contributed by atoms with Gasteiger partial charge in [0.25, 0.3) is 5.91 Å². The molecule has 1 aliphatic heterocycles. The van der Waals surface area contributed by atoms with Gasteiger partial charge >= 0.3 is 0 Å². The van der Waals surface area contributed by atoms with Gasteiger partial charge in [-0.15, -0.1) is 11.3 Å². The molecule has 2 aromatic carbocycles. The van der Waals surface area contributed by atoms with Crippen LogP contribution in [0.3, 0.4) is 0 Å². The number of aromatic nitrogens is 1. The van der Waals surface area contributed by atoms with Crippen molar-refractivity contribution in [2.45, 2.75) is 31.9 Å². The average Bonchev–Trinajstić information content (AvgIpc) is 3.37. The van der Waals surface area contributed by atoms with Gasteiger partial charge in [-0.2, -0.15) is 0 Å². The minimum absolute atomic E-state index is 0.115. The van der Waals surface area contributed by atoms with E-state index in [2.05, 4.69) is 10.3 Å². The first-order chi connectivity index (χ1) is 13.6. The first-order valence-corrected chi connectivity index (χ1v) is 10.1. The Kier molecular flexibility index (Phi) is 5.50. The van der Waals surface area contributed by atoms with Crippen molar-refractivity contribution in [1.82, 2.24) is 10.3 Å². The highest BCUT2D eigenvalue weighted by Crippen LogP contribution is 2.31. The molecule has 0 aliphatic carbocycles. The fraction of sp³-hybridized carbons (Fsp3) is 0.273. The second-order valence-corrected chi connectivity index (χ2v) is 7.85. The van der Waals surface area contributed by atoms with Crippen LogP contribution < -0.4 is 5.32 Å². The first kappa shape index (κ1) is 18.8. The highest BCUT2D eigenvalue weighted by molar-refractivity contribution is 7.17. The van der Waals surface area contributed by atoms with E-state index in [1.54, 1.807) is 12.1 Å². The standard InChI is InChI=1S/C22H21FN2O2S/c1-14-20(28-22(24-14)16-6-3-2-4-7-16)21(26)25-19(18-8-5-13-27-18)15-9-11-17(23)12-10-15/h2-4,6-7,9-12,18-19H,5,8,13H2,1H3,(H,25,26)/t18-,19+/m1/s1. The zero-order valence-electron chi connectivity index (χ0n) is 15.5. The second kappa shape index (κ2) is 8.20. The average molecular weight is 396 g/mol. The molecule has 0 radical (unpaired) electrons. The Balaban J connectivity index is 1.59. The Morgan fingerprint density at radius 3 is 2.64 bits per heavy atom. The third-order valence-electron chi connectivity index (χ3n) is 4.88. The van der Waals surface area contributed by atoms with Gasteiger partial charge in [0.15, 0.2) is 0 Å². The molecule has 4 rings (SSSR count). The molecule has 6 heteroatoms. The van der Waals surface area contributed by atoms with E-state index >= 15 is 0 Å². The summed E-state index contributed by atoms with van der Waals surface area (Å²) in [5.41, 5.74) is 2.53. The highest BCUT2D eigenvalue weighted by atomic mass is 32.1. The molecule has 2 heterocycles. The molecule has 1 saturated heterocycles. The van der Waals surface area contributed by atoms with Crippen molar-refractivity contribution in [2.75, 3.05) is 6.61 Å². The number of carbonyl (C=O) groups is 1. The summed E-state index contributed by atoms with van der Waals surface area (Å²) < 4.78 is 19.2. The van der Waals surface area contributed by atoms with Crippen LogP contribution in [0.25, 0.3) is 10.6 Å². The first-order valence-electron chi connectivity index (χ1n) is 9.32. The van der Waals surface area contributed by atoms with Crippen molar-refractivity contribution < 1.29 is 13.9 Å². The summed E-state index contributed by atoms with van der Waals surface area (Å²) in [6.45, 7) is 2.52. The lowest BCUT2D eigenvalue weighted by molar-refractivity contribution is 0.0674. The van der Waals surface area contributed by atoms with E-state index in [4.69, 9.17) is 4.74 Å². The topological polar surface area (TPSA) is 51.2 Å². The molecular weight excluding hydrogens is 375 g/mol. The molecule has 0 unspecified atom stereocenters. The normalized spacial score (nSPS) is 17.4. The summed E-state index contributed by atoms with van der Waals surface area (Å²) in [4.78, 5) is 18.2. The van der Waals surface area contributed by atoms with Gasteiger partial charge < -0.3 is 10.1 Å². The van der Waals surface area contributed by atoms with Gasteiger partial charge in [-0.3, -0.25) is 4.79 Å². The molecular formula is C22H21FN2O2S. The van der Waals surface area contributed by atoms with Crippen LogP contribution in [0.1, 0.15) is 39.8 Å². The van der Waals surface area contributed by atoms with Gasteiger partial charge in [0.2, 0.25) is 0 Å². The van der Waals surface area contributed by atoms with Crippen LogP contribution in [0, 0.1) is 12.7 Å². The molecule has 0 saturated carbocycles. The number of carbonyl (C=O) groups excluding carboxylic acids is 1. The van der Waals surface area contributed by atoms with Crippen LogP contribution in [0.4, 0.5) is 4.39 Å². The van der Waals surface area contributed by atoms with Crippen LogP contribution in [0.15, 0.2) is 54.6 Å². The number of benzene rings is 2. The number of halogens is 1. The molecule has 1 aliphatic rings. The molecule has 1 N–H and O–H groups in total. The number of nitrogens with zero attached hydrogens (tertiary/aromatic N) is 1. The monoisotopic (exact) mass is 396 g/mol. The maximum absolute atomic E-state index is 13.3. The lowest BCUT2D eigenvalue weighted by Gasteiger charge is -2.24. The van der Waals surface area contributed by atoms with E-state index in [1.807, 2.05) is 37.3 Å². The SMILES string of the molecule is Cc1nc(-c2ccccc2)sc1C(=O)N[C@@H](c1ccc(F)cc1)[C@H]1CCCO1. The third-order valence-corrected chi connectivity index (χ3v) is 6.08. The van der Waals surface area contributed by atoms with Crippen molar-refractivity contribution in [3.05, 3.63) is 76.5 Å². The lowest BCUT2D eigenvalue weighted by atomic mass is 9.99. The van der Waals surface area contributed by atoms with Gasteiger partial charge in [0.1, 0.15) is 15.7 Å². The molecule has 0 spiro atoms. The van der Waals surface area contributed by atoms with Gasteiger partial charge in [-0.25, -0.2) is 9.37 Å². The molecule has 4 nitrogen and oxygen atoms in total. The van der Waals surface area contributed by atoms with Crippen molar-refractivity contribution in [3.8, 4) is 10.6 Å². The summed E-state index contributed by atoms with van der Waals surface area (Å²) in [6.07, 6.45) is 1.70. The van der Waals surface area contributed by atoms with Crippen LogP contribution in [0.5, 0.6) is 0 Å². The van der Waals surface area contributed by atoms with E-state index in [9.17, 15) is 9.18 Å². The maximum Gasteiger partial charge on any atom is 0.263 e.